The lowest BCUT2D eigenvalue weighted by Crippen LogP contribution is -2.38. The van der Waals surface area contributed by atoms with Crippen molar-refractivity contribution in [3.63, 3.8) is 0 Å². The van der Waals surface area contributed by atoms with Crippen molar-refractivity contribution in [3.05, 3.63) is 106 Å². The van der Waals surface area contributed by atoms with E-state index in [1.54, 1.807) is 24.3 Å². The molecule has 1 aliphatic heterocycles. The fourth-order valence-electron chi connectivity index (χ4n) is 5.12. The van der Waals surface area contributed by atoms with E-state index in [1.165, 1.54) is 4.90 Å². The molecule has 0 radical (unpaired) electrons. The summed E-state index contributed by atoms with van der Waals surface area (Å²) in [5.74, 6) is 0.425. The Morgan fingerprint density at radius 1 is 1.02 bits per heavy atom. The maximum atomic E-state index is 13.9. The Balaban J connectivity index is 0.00000198. The van der Waals surface area contributed by atoms with Gasteiger partial charge in [0.05, 0.1) is 17.3 Å². The van der Waals surface area contributed by atoms with Crippen molar-refractivity contribution >= 4 is 23.5 Å². The van der Waals surface area contributed by atoms with Crippen molar-refractivity contribution < 1.29 is 19.4 Å². The largest absolute Gasteiger partial charge is 0.491 e. The molecule has 0 aliphatic carbocycles. The number of hydrogen-bond donors (Lipinski definition) is 3. The van der Waals surface area contributed by atoms with Crippen LogP contribution >= 0.6 is 11.6 Å². The van der Waals surface area contributed by atoms with Gasteiger partial charge in [0.25, 0.3) is 5.91 Å². The number of aromatic amines is 1. The number of ether oxygens (including phenoxy) is 1. The van der Waals surface area contributed by atoms with Gasteiger partial charge in [-0.15, -0.1) is 0 Å². The second-order valence-electron chi connectivity index (χ2n) is 9.95. The molecule has 1 saturated heterocycles. The lowest BCUT2D eigenvalue weighted by atomic mass is 9.91. The summed E-state index contributed by atoms with van der Waals surface area (Å²) >= 11 is 6.58. The maximum Gasteiger partial charge on any atom is 0.325 e. The number of carbonyl (C=O) groups is 2. The highest BCUT2D eigenvalue weighted by molar-refractivity contribution is 6.33. The van der Waals surface area contributed by atoms with E-state index in [0.29, 0.717) is 27.9 Å². The quantitative estimate of drug-likeness (QED) is 0.185. The Kier molecular flexibility index (Phi) is 10.0. The molecule has 5 rings (SSSR count). The fraction of sp³-hybridized carbons (Fsp3) is 0.303. The number of amides is 3. The predicted molar refractivity (Wildman–Crippen MR) is 165 cm³/mol. The van der Waals surface area contributed by atoms with Crippen molar-refractivity contribution in [2.45, 2.75) is 52.6 Å². The van der Waals surface area contributed by atoms with E-state index in [2.05, 4.69) is 10.3 Å². The van der Waals surface area contributed by atoms with E-state index in [0.717, 1.165) is 22.4 Å². The highest BCUT2D eigenvalue weighted by atomic mass is 35.5. The Morgan fingerprint density at radius 2 is 1.71 bits per heavy atom. The number of urea groups is 1. The molecule has 1 aromatic heterocycles. The number of imide groups is 1. The SMILES string of the molecule is CC.Cc1ccc(-c2nc(C(C(C)c3ccccc3)N3C(=O)N[C@H](c4ccc(OCCO)cc4)C3=O)[nH]c2C)c(Cl)c1. The van der Waals surface area contributed by atoms with Crippen molar-refractivity contribution in [2.75, 3.05) is 13.2 Å². The van der Waals surface area contributed by atoms with Gasteiger partial charge in [-0.2, -0.15) is 0 Å². The minimum absolute atomic E-state index is 0.0983. The molecule has 1 aliphatic rings. The van der Waals surface area contributed by atoms with Crippen LogP contribution in [0.5, 0.6) is 5.75 Å². The van der Waals surface area contributed by atoms with E-state index in [9.17, 15) is 9.59 Å². The number of aliphatic hydroxyl groups is 1. The summed E-state index contributed by atoms with van der Waals surface area (Å²) in [6.07, 6.45) is 0. The van der Waals surface area contributed by atoms with Crippen LogP contribution in [0.4, 0.5) is 4.79 Å². The minimum atomic E-state index is -0.855. The first-order chi connectivity index (χ1) is 20.3. The minimum Gasteiger partial charge on any atom is -0.491 e. The number of halogens is 1. The second kappa shape index (κ2) is 13.7. The number of hydrogen-bond acceptors (Lipinski definition) is 5. The Hall–Kier alpha value is -4.14. The van der Waals surface area contributed by atoms with Gasteiger partial charge in [0.1, 0.15) is 30.3 Å². The van der Waals surface area contributed by atoms with Crippen molar-refractivity contribution in [2.24, 2.45) is 0 Å². The third kappa shape index (κ3) is 6.35. The van der Waals surface area contributed by atoms with Crippen LogP contribution < -0.4 is 10.1 Å². The van der Waals surface area contributed by atoms with E-state index >= 15 is 0 Å². The summed E-state index contributed by atoms with van der Waals surface area (Å²) in [5.41, 5.74) is 4.87. The zero-order valence-corrected chi connectivity index (χ0v) is 25.3. The van der Waals surface area contributed by atoms with Gasteiger partial charge in [0.2, 0.25) is 0 Å². The topological polar surface area (TPSA) is 108 Å². The zero-order valence-electron chi connectivity index (χ0n) is 24.5. The van der Waals surface area contributed by atoms with E-state index in [-0.39, 0.29) is 25.0 Å². The summed E-state index contributed by atoms with van der Waals surface area (Å²) in [4.78, 5) is 36.9. The number of carbonyl (C=O) groups excluding carboxylic acids is 2. The highest BCUT2D eigenvalue weighted by Gasteiger charge is 2.46. The Labute approximate surface area is 251 Å². The predicted octanol–water partition coefficient (Wildman–Crippen LogP) is 6.88. The fourth-order valence-corrected chi connectivity index (χ4v) is 5.45. The first kappa shape index (κ1) is 30.8. The number of aromatic nitrogens is 2. The highest BCUT2D eigenvalue weighted by Crippen LogP contribution is 2.40. The number of aryl methyl sites for hydroxylation is 2. The summed E-state index contributed by atoms with van der Waals surface area (Å²) in [7, 11) is 0. The standard InChI is InChI=1S/C31H31ClN4O4.C2H6/c1-18-9-14-24(25(32)17-18)26-20(3)33-29(34-26)28(19(2)21-7-5-4-6-8-21)36-30(38)27(35-31(36)39)22-10-12-23(13-11-22)40-16-15-37;1-2/h4-14,17,19,27-28,37H,15-16H2,1-3H3,(H,33,34)(H,35,39);1-2H3/t19?,27-,28?;/m1./s1. The van der Waals surface area contributed by atoms with Gasteiger partial charge in [0.15, 0.2) is 0 Å². The summed E-state index contributed by atoms with van der Waals surface area (Å²) in [5, 5.41) is 12.4. The molecule has 0 saturated carbocycles. The smallest absolute Gasteiger partial charge is 0.325 e. The van der Waals surface area contributed by atoms with Gasteiger partial charge in [-0.1, -0.05) is 87.0 Å². The number of aliphatic hydroxyl groups excluding tert-OH is 1. The molecule has 3 aromatic carbocycles. The average Bonchev–Trinajstić information content (AvgIpc) is 3.52. The van der Waals surface area contributed by atoms with Crippen LogP contribution in [0.3, 0.4) is 0 Å². The molecule has 0 spiro atoms. The second-order valence-corrected chi connectivity index (χ2v) is 10.4. The van der Waals surface area contributed by atoms with Crippen LogP contribution in [0.25, 0.3) is 11.3 Å². The molecule has 2 unspecified atom stereocenters. The Morgan fingerprint density at radius 3 is 2.36 bits per heavy atom. The first-order valence-corrected chi connectivity index (χ1v) is 14.5. The van der Waals surface area contributed by atoms with E-state index in [1.807, 2.05) is 83.1 Å². The third-order valence-electron chi connectivity index (χ3n) is 7.18. The van der Waals surface area contributed by atoms with E-state index < -0.39 is 18.1 Å². The van der Waals surface area contributed by atoms with Crippen LogP contribution in [0, 0.1) is 13.8 Å². The third-order valence-corrected chi connectivity index (χ3v) is 7.50. The molecule has 0 bridgehead atoms. The van der Waals surface area contributed by atoms with Crippen LogP contribution in [0.2, 0.25) is 5.02 Å². The molecule has 2 heterocycles. The maximum absolute atomic E-state index is 13.9. The molecule has 4 aromatic rings. The molecule has 220 valence electrons. The van der Waals surface area contributed by atoms with Gasteiger partial charge in [-0.05, 0) is 48.7 Å². The lowest BCUT2D eigenvalue weighted by molar-refractivity contribution is -0.129. The molecule has 8 nitrogen and oxygen atoms in total. The molecule has 1 fully saturated rings. The number of imidazole rings is 1. The number of nitrogens with one attached hydrogen (secondary N) is 2. The lowest BCUT2D eigenvalue weighted by Gasteiger charge is -2.29. The Bertz CT molecular complexity index is 1520. The van der Waals surface area contributed by atoms with Gasteiger partial charge in [-0.25, -0.2) is 9.78 Å². The van der Waals surface area contributed by atoms with Gasteiger partial charge in [0, 0.05) is 17.2 Å². The molecule has 3 amide bonds. The van der Waals surface area contributed by atoms with Gasteiger partial charge < -0.3 is 20.1 Å². The molecular weight excluding hydrogens is 552 g/mol. The number of benzene rings is 3. The molecular formula is C33H37ClN4O4. The molecule has 42 heavy (non-hydrogen) atoms. The van der Waals surface area contributed by atoms with Crippen molar-refractivity contribution in [1.82, 2.24) is 20.2 Å². The van der Waals surface area contributed by atoms with Crippen molar-refractivity contribution in [3.8, 4) is 17.0 Å². The van der Waals surface area contributed by atoms with Crippen molar-refractivity contribution in [1.29, 1.82) is 0 Å². The van der Waals surface area contributed by atoms with Gasteiger partial charge in [-0.3, -0.25) is 9.69 Å². The van der Waals surface area contributed by atoms with Gasteiger partial charge >= 0.3 is 6.03 Å². The monoisotopic (exact) mass is 588 g/mol. The summed E-state index contributed by atoms with van der Waals surface area (Å²) in [6, 6.07) is 20.4. The molecule has 9 heteroatoms. The zero-order chi connectivity index (χ0) is 30.4. The van der Waals surface area contributed by atoms with Crippen LogP contribution in [0.1, 0.15) is 67.0 Å². The summed E-state index contributed by atoms with van der Waals surface area (Å²) < 4.78 is 5.43. The van der Waals surface area contributed by atoms with Crippen LogP contribution in [0.15, 0.2) is 72.8 Å². The molecule has 3 atom stereocenters. The first-order valence-electron chi connectivity index (χ1n) is 14.1. The van der Waals surface area contributed by atoms with E-state index in [4.69, 9.17) is 26.4 Å². The normalized spacial score (nSPS) is 16.0. The van der Waals surface area contributed by atoms with Crippen LogP contribution in [-0.4, -0.2) is 45.1 Å². The number of rotatable bonds is 9. The average molecular weight is 589 g/mol. The summed E-state index contributed by atoms with van der Waals surface area (Å²) in [6.45, 7) is 9.93. The molecule has 3 N–H and O–H groups in total. The number of H-pyrrole nitrogens is 1. The van der Waals surface area contributed by atoms with Crippen LogP contribution in [-0.2, 0) is 4.79 Å². The number of nitrogens with zero attached hydrogens (tertiary/aromatic N) is 2.